The van der Waals surface area contributed by atoms with Gasteiger partial charge in [0.15, 0.2) is 11.4 Å². The predicted octanol–water partition coefficient (Wildman–Crippen LogP) is 2.19. The van der Waals surface area contributed by atoms with Gasteiger partial charge < -0.3 is 14.0 Å². The van der Waals surface area contributed by atoms with E-state index in [0.717, 1.165) is 0 Å². The average Bonchev–Trinajstić information content (AvgIpc) is 3.54. The van der Waals surface area contributed by atoms with E-state index in [1.54, 1.807) is 35.3 Å². The first-order chi connectivity index (χ1) is 15.5. The smallest absolute Gasteiger partial charge is 0.266 e. The van der Waals surface area contributed by atoms with Crippen molar-refractivity contribution in [3.8, 4) is 24.0 Å². The molecule has 0 bridgehead atoms. The summed E-state index contributed by atoms with van der Waals surface area (Å²) in [7, 11) is -2.63. The van der Waals surface area contributed by atoms with Gasteiger partial charge in [0.1, 0.15) is 16.0 Å². The molecule has 5 rings (SSSR count). The number of sulfonamides is 1. The molecular weight excluding hydrogens is 434 g/mol. The lowest BCUT2D eigenvalue weighted by Crippen LogP contribution is -2.15. The number of anilines is 1. The molecule has 4 heterocycles. The third-order valence-corrected chi connectivity index (χ3v) is 6.41. The Hall–Kier alpha value is -4.04. The van der Waals surface area contributed by atoms with E-state index in [9.17, 15) is 8.42 Å². The summed E-state index contributed by atoms with van der Waals surface area (Å²) in [5, 5.41) is 8.35. The molecule has 11 heteroatoms. The Morgan fingerprint density at radius 2 is 2.25 bits per heavy atom. The van der Waals surface area contributed by atoms with E-state index in [4.69, 9.17) is 20.4 Å². The van der Waals surface area contributed by atoms with Crippen molar-refractivity contribution in [3.05, 3.63) is 53.5 Å². The largest absolute Gasteiger partial charge is 0.491 e. The van der Waals surface area contributed by atoms with Crippen molar-refractivity contribution < 1.29 is 22.4 Å². The maximum absolute atomic E-state index is 13.2. The zero-order chi connectivity index (χ0) is 22.3. The van der Waals surface area contributed by atoms with Gasteiger partial charge >= 0.3 is 0 Å². The van der Waals surface area contributed by atoms with Crippen molar-refractivity contribution >= 4 is 26.8 Å². The fourth-order valence-electron chi connectivity index (χ4n) is 3.63. The molecule has 32 heavy (non-hydrogen) atoms. The first-order valence-corrected chi connectivity index (χ1v) is 11.1. The van der Waals surface area contributed by atoms with Crippen molar-refractivity contribution in [1.29, 1.82) is 0 Å². The van der Waals surface area contributed by atoms with Gasteiger partial charge in [-0.25, -0.2) is 13.4 Å². The van der Waals surface area contributed by atoms with Crippen molar-refractivity contribution in [2.75, 3.05) is 18.4 Å². The van der Waals surface area contributed by atoms with Crippen molar-refractivity contribution in [1.82, 2.24) is 19.9 Å². The number of hydrogen-bond acceptors (Lipinski definition) is 8. The highest BCUT2D eigenvalue weighted by molar-refractivity contribution is 7.92. The average molecular weight is 451 g/mol. The molecule has 0 unspecified atom stereocenters. The molecule has 162 valence electrons. The second-order valence-electron chi connectivity index (χ2n) is 7.00. The van der Waals surface area contributed by atoms with Crippen LogP contribution in [0.5, 0.6) is 11.6 Å². The van der Waals surface area contributed by atoms with Crippen LogP contribution < -0.4 is 14.2 Å². The Morgan fingerprint density at radius 1 is 1.38 bits per heavy atom. The SMILES string of the molecule is C#Cc1ccc(S(=O)(=O)Nc2noc3cc(Cn4cccn4)nc(OC)c23)c2c1CCO2. The third-order valence-electron chi connectivity index (χ3n) is 5.05. The first-order valence-electron chi connectivity index (χ1n) is 9.59. The fourth-order valence-corrected chi connectivity index (χ4v) is 4.81. The van der Waals surface area contributed by atoms with Crippen LogP contribution in [0.4, 0.5) is 5.82 Å². The minimum atomic E-state index is -4.06. The summed E-state index contributed by atoms with van der Waals surface area (Å²) in [4.78, 5) is 4.42. The van der Waals surface area contributed by atoms with Crippen LogP contribution in [0.1, 0.15) is 16.8 Å². The number of ether oxygens (including phenoxy) is 2. The number of aromatic nitrogens is 4. The second kappa shape index (κ2) is 7.58. The Labute approximate surface area is 183 Å². The van der Waals surface area contributed by atoms with Crippen LogP contribution in [-0.4, -0.2) is 42.1 Å². The number of nitrogens with one attached hydrogen (secondary N) is 1. The number of terminal acetylenes is 1. The molecule has 0 radical (unpaired) electrons. The predicted molar refractivity (Wildman–Crippen MR) is 114 cm³/mol. The van der Waals surface area contributed by atoms with E-state index in [1.165, 1.54) is 13.2 Å². The highest BCUT2D eigenvalue weighted by Gasteiger charge is 2.29. The number of benzene rings is 1. The van der Waals surface area contributed by atoms with Gasteiger partial charge in [0, 0.05) is 36.0 Å². The number of hydrogen-bond donors (Lipinski definition) is 1. The lowest BCUT2D eigenvalue weighted by molar-refractivity contribution is 0.348. The quantitative estimate of drug-likeness (QED) is 0.443. The molecule has 0 amide bonds. The normalized spacial score (nSPS) is 12.9. The molecule has 1 aliphatic heterocycles. The molecule has 10 nitrogen and oxygen atoms in total. The Morgan fingerprint density at radius 3 is 3.00 bits per heavy atom. The van der Waals surface area contributed by atoms with Crippen molar-refractivity contribution in [3.63, 3.8) is 0 Å². The zero-order valence-electron chi connectivity index (χ0n) is 16.9. The maximum atomic E-state index is 13.2. The molecule has 1 aliphatic rings. The van der Waals surface area contributed by atoms with Crippen molar-refractivity contribution in [2.24, 2.45) is 0 Å². The van der Waals surface area contributed by atoms with Gasteiger partial charge in [0.05, 0.1) is 26.0 Å². The molecule has 0 aliphatic carbocycles. The van der Waals surface area contributed by atoms with Crippen LogP contribution in [0, 0.1) is 12.3 Å². The van der Waals surface area contributed by atoms with Gasteiger partial charge in [-0.3, -0.25) is 9.40 Å². The van der Waals surface area contributed by atoms with Gasteiger partial charge in [-0.15, -0.1) is 6.42 Å². The van der Waals surface area contributed by atoms with E-state index < -0.39 is 10.0 Å². The van der Waals surface area contributed by atoms with E-state index in [1.807, 2.05) is 0 Å². The molecule has 0 saturated carbocycles. The Kier molecular flexibility index (Phi) is 4.71. The minimum absolute atomic E-state index is 0.0256. The van der Waals surface area contributed by atoms with Gasteiger partial charge in [-0.1, -0.05) is 11.1 Å². The third kappa shape index (κ3) is 3.30. The Balaban J connectivity index is 1.53. The molecule has 0 fully saturated rings. The number of methoxy groups -OCH3 is 1. The van der Waals surface area contributed by atoms with E-state index >= 15 is 0 Å². The lowest BCUT2D eigenvalue weighted by Gasteiger charge is -2.11. The van der Waals surface area contributed by atoms with Gasteiger partial charge in [-0.05, 0) is 18.2 Å². The number of rotatable bonds is 6. The molecule has 0 atom stereocenters. The van der Waals surface area contributed by atoms with Crippen LogP contribution >= 0.6 is 0 Å². The molecule has 0 spiro atoms. The summed E-state index contributed by atoms with van der Waals surface area (Å²) in [6.45, 7) is 0.742. The highest BCUT2D eigenvalue weighted by atomic mass is 32.2. The summed E-state index contributed by atoms with van der Waals surface area (Å²) < 4.78 is 46.9. The monoisotopic (exact) mass is 451 g/mol. The number of pyridine rings is 1. The summed E-state index contributed by atoms with van der Waals surface area (Å²) in [6.07, 6.45) is 9.52. The molecule has 4 aromatic rings. The fraction of sp³-hybridized carbons (Fsp3) is 0.190. The van der Waals surface area contributed by atoms with Crippen LogP contribution in [0.2, 0.25) is 0 Å². The molecular formula is C21H17N5O5S. The second-order valence-corrected chi connectivity index (χ2v) is 8.65. The topological polar surface area (TPSA) is 121 Å². The van der Waals surface area contributed by atoms with Crippen LogP contribution in [-0.2, 0) is 23.0 Å². The number of fused-ring (bicyclic) bond motifs is 2. The molecule has 3 aromatic heterocycles. The van der Waals surface area contributed by atoms with Crippen LogP contribution in [0.3, 0.4) is 0 Å². The molecule has 0 saturated heterocycles. The maximum Gasteiger partial charge on any atom is 0.266 e. The standard InChI is InChI=1S/C21H17N5O5S/c1-3-13-5-6-17(19-15(13)7-10-30-19)32(27,28)25-20-18-16(31-24-20)11-14(23-21(18)29-2)12-26-9-4-8-22-26/h1,4-6,8-9,11H,7,10,12H2,2H3,(H,24,25). The molecule has 1 aromatic carbocycles. The summed E-state index contributed by atoms with van der Waals surface area (Å²) in [6, 6.07) is 6.47. The van der Waals surface area contributed by atoms with E-state index in [2.05, 4.69) is 25.9 Å². The lowest BCUT2D eigenvalue weighted by atomic mass is 10.1. The minimum Gasteiger partial charge on any atom is -0.491 e. The molecule has 1 N–H and O–H groups in total. The summed E-state index contributed by atoms with van der Waals surface area (Å²) in [5.41, 5.74) is 2.24. The van der Waals surface area contributed by atoms with Crippen LogP contribution in [0.15, 0.2) is 46.1 Å². The van der Waals surface area contributed by atoms with E-state index in [-0.39, 0.29) is 22.3 Å². The van der Waals surface area contributed by atoms with Gasteiger partial charge in [-0.2, -0.15) is 5.10 Å². The number of nitrogens with zero attached hydrogens (tertiary/aromatic N) is 4. The summed E-state index contributed by atoms with van der Waals surface area (Å²) >= 11 is 0. The highest BCUT2D eigenvalue weighted by Crippen LogP contribution is 2.37. The summed E-state index contributed by atoms with van der Waals surface area (Å²) in [5.74, 6) is 2.95. The first kappa shape index (κ1) is 19.9. The van der Waals surface area contributed by atoms with Crippen LogP contribution in [0.25, 0.3) is 11.0 Å². The van der Waals surface area contributed by atoms with Crippen molar-refractivity contribution in [2.45, 2.75) is 17.9 Å². The van der Waals surface area contributed by atoms with Gasteiger partial charge in [0.25, 0.3) is 10.0 Å². The zero-order valence-corrected chi connectivity index (χ0v) is 17.7. The van der Waals surface area contributed by atoms with Gasteiger partial charge in [0.2, 0.25) is 5.88 Å². The Bertz CT molecular complexity index is 1470. The van der Waals surface area contributed by atoms with E-state index in [0.29, 0.717) is 47.4 Å².